The number of halogens is 5. The number of carbonyl (C=O) groups excluding carboxylic acids is 1. The molecule has 0 fully saturated rings. The first kappa shape index (κ1) is 35.4. The van der Waals surface area contributed by atoms with Gasteiger partial charge >= 0.3 is 12.1 Å². The molecule has 3 rings (SSSR count). The van der Waals surface area contributed by atoms with E-state index in [2.05, 4.69) is 5.32 Å². The van der Waals surface area contributed by atoms with E-state index in [1.54, 1.807) is 13.1 Å². The molecule has 1 aromatic heterocycles. The van der Waals surface area contributed by atoms with Crippen molar-refractivity contribution in [1.82, 2.24) is 14.8 Å². The van der Waals surface area contributed by atoms with Crippen LogP contribution in [0.4, 0.5) is 22.0 Å². The van der Waals surface area contributed by atoms with Crippen molar-refractivity contribution in [2.45, 2.75) is 65.2 Å². The highest BCUT2D eigenvalue weighted by Gasteiger charge is 2.35. The molecule has 0 bridgehead atoms. The van der Waals surface area contributed by atoms with Gasteiger partial charge in [0.25, 0.3) is 5.56 Å². The largest absolute Gasteiger partial charge is 0.481 e. The average molecular weight is 636 g/mol. The van der Waals surface area contributed by atoms with Gasteiger partial charge in [-0.1, -0.05) is 26.0 Å². The summed E-state index contributed by atoms with van der Waals surface area (Å²) in [5.41, 5.74) is -1.27. The van der Waals surface area contributed by atoms with Gasteiger partial charge in [-0.25, -0.2) is 8.78 Å². The maximum atomic E-state index is 15.3. The fraction of sp³-hybridized carbons (Fsp3) is 0.424. The van der Waals surface area contributed by atoms with Gasteiger partial charge in [0.2, 0.25) is 5.91 Å². The summed E-state index contributed by atoms with van der Waals surface area (Å²) in [7, 11) is 3.78. The number of nitrogens with zero attached hydrogens (tertiary/aromatic N) is 2. The van der Waals surface area contributed by atoms with Gasteiger partial charge in [0, 0.05) is 24.4 Å². The Balaban J connectivity index is 2.14. The Morgan fingerprint density at radius 1 is 1.04 bits per heavy atom. The van der Waals surface area contributed by atoms with E-state index in [4.69, 9.17) is 0 Å². The molecule has 12 heteroatoms. The summed E-state index contributed by atoms with van der Waals surface area (Å²) in [6.07, 6.45) is -3.42. The Morgan fingerprint density at radius 3 is 2.29 bits per heavy atom. The Morgan fingerprint density at radius 2 is 1.71 bits per heavy atom. The maximum absolute atomic E-state index is 15.3. The van der Waals surface area contributed by atoms with Gasteiger partial charge in [-0.2, -0.15) is 13.2 Å². The van der Waals surface area contributed by atoms with E-state index in [0.29, 0.717) is 19.0 Å². The second-order valence-electron chi connectivity index (χ2n) is 11.9. The number of nitrogens with one attached hydrogen (secondary N) is 1. The number of aromatic nitrogens is 1. The first-order valence-electron chi connectivity index (χ1n) is 14.4. The van der Waals surface area contributed by atoms with Gasteiger partial charge in [-0.15, -0.1) is 0 Å². The summed E-state index contributed by atoms with van der Waals surface area (Å²) in [5, 5.41) is 12.1. The predicted molar refractivity (Wildman–Crippen MR) is 161 cm³/mol. The van der Waals surface area contributed by atoms with Crippen LogP contribution in [0, 0.1) is 31.4 Å². The molecule has 2 atom stereocenters. The number of carboxylic acid groups (broad SMARTS) is 1. The van der Waals surface area contributed by atoms with Crippen molar-refractivity contribution in [2.24, 2.45) is 5.92 Å². The predicted octanol–water partition coefficient (Wildman–Crippen LogP) is 6.45. The van der Waals surface area contributed by atoms with E-state index >= 15 is 8.78 Å². The van der Waals surface area contributed by atoms with Crippen LogP contribution in [-0.2, 0) is 22.2 Å². The zero-order valence-electron chi connectivity index (χ0n) is 26.1. The number of carbonyl (C=O) groups is 2. The van der Waals surface area contributed by atoms with E-state index in [1.165, 1.54) is 29.7 Å². The van der Waals surface area contributed by atoms with E-state index in [-0.39, 0.29) is 23.5 Å². The third kappa shape index (κ3) is 8.78. The van der Waals surface area contributed by atoms with Gasteiger partial charge in [0.15, 0.2) is 11.6 Å². The zero-order valence-corrected chi connectivity index (χ0v) is 26.1. The fourth-order valence-electron chi connectivity index (χ4n) is 5.31. The van der Waals surface area contributed by atoms with E-state index in [0.717, 1.165) is 23.3 Å². The van der Waals surface area contributed by atoms with Gasteiger partial charge < -0.3 is 19.9 Å². The molecular formula is C33H38F5N3O4. The van der Waals surface area contributed by atoms with Crippen LogP contribution in [0.5, 0.6) is 0 Å². The van der Waals surface area contributed by atoms with Crippen molar-refractivity contribution in [1.29, 1.82) is 0 Å². The molecule has 0 aliphatic carbocycles. The molecule has 45 heavy (non-hydrogen) atoms. The van der Waals surface area contributed by atoms with Gasteiger partial charge in [0.1, 0.15) is 6.04 Å². The number of hydrogen-bond acceptors (Lipinski definition) is 4. The lowest BCUT2D eigenvalue weighted by molar-refractivity contribution is -0.138. The number of amides is 1. The third-order valence-electron chi connectivity index (χ3n) is 7.55. The van der Waals surface area contributed by atoms with Crippen LogP contribution in [0.1, 0.15) is 66.6 Å². The van der Waals surface area contributed by atoms with Crippen molar-refractivity contribution in [2.75, 3.05) is 20.6 Å². The summed E-state index contributed by atoms with van der Waals surface area (Å²) in [4.78, 5) is 40.7. The minimum Gasteiger partial charge on any atom is -0.481 e. The molecule has 0 saturated heterocycles. The molecule has 2 N–H and O–H groups in total. The lowest BCUT2D eigenvalue weighted by atomic mass is 9.91. The summed E-state index contributed by atoms with van der Waals surface area (Å²) in [6.45, 7) is 7.46. The number of alkyl halides is 3. The summed E-state index contributed by atoms with van der Waals surface area (Å²) < 4.78 is 73.3. The smallest absolute Gasteiger partial charge is 0.417 e. The fourth-order valence-corrected chi connectivity index (χ4v) is 5.31. The Labute approximate surface area is 258 Å². The molecule has 0 radical (unpaired) electrons. The molecule has 1 heterocycles. The Hall–Kier alpha value is -4.06. The number of carboxylic acids is 1. The Kier molecular flexibility index (Phi) is 11.3. The molecule has 0 aliphatic heterocycles. The average Bonchev–Trinajstić information content (AvgIpc) is 2.91. The highest BCUT2D eigenvalue weighted by Crippen LogP contribution is 2.40. The minimum atomic E-state index is -4.82. The van der Waals surface area contributed by atoms with Crippen LogP contribution in [-0.4, -0.2) is 47.1 Å². The topological polar surface area (TPSA) is 91.6 Å². The van der Waals surface area contributed by atoms with Crippen molar-refractivity contribution in [3.8, 4) is 11.1 Å². The van der Waals surface area contributed by atoms with Crippen molar-refractivity contribution in [3.05, 3.63) is 92.4 Å². The summed E-state index contributed by atoms with van der Waals surface area (Å²) in [5.74, 6) is -5.43. The molecule has 2 aromatic carbocycles. The second kappa shape index (κ2) is 14.4. The molecule has 244 valence electrons. The molecule has 0 saturated carbocycles. The molecule has 0 spiro atoms. The van der Waals surface area contributed by atoms with Crippen LogP contribution in [0.3, 0.4) is 0 Å². The Bertz CT molecular complexity index is 1620. The highest BCUT2D eigenvalue weighted by molar-refractivity contribution is 5.82. The van der Waals surface area contributed by atoms with Crippen LogP contribution in [0.2, 0.25) is 0 Å². The van der Waals surface area contributed by atoms with Gasteiger partial charge in [0.05, 0.1) is 18.0 Å². The van der Waals surface area contributed by atoms with E-state index < -0.39 is 70.4 Å². The van der Waals surface area contributed by atoms with Crippen LogP contribution in [0.15, 0.2) is 47.4 Å². The number of aliphatic carboxylic acids is 1. The third-order valence-corrected chi connectivity index (χ3v) is 7.55. The van der Waals surface area contributed by atoms with Crippen LogP contribution >= 0.6 is 0 Å². The first-order chi connectivity index (χ1) is 20.9. The molecule has 3 aromatic rings. The van der Waals surface area contributed by atoms with Crippen molar-refractivity contribution >= 4 is 11.9 Å². The van der Waals surface area contributed by atoms with Crippen molar-refractivity contribution in [3.63, 3.8) is 0 Å². The molecule has 1 amide bonds. The zero-order chi connectivity index (χ0) is 33.8. The molecule has 7 nitrogen and oxygen atoms in total. The summed E-state index contributed by atoms with van der Waals surface area (Å²) >= 11 is 0. The molecular weight excluding hydrogens is 597 g/mol. The first-order valence-corrected chi connectivity index (χ1v) is 14.4. The quantitative estimate of drug-likeness (QED) is 0.223. The summed E-state index contributed by atoms with van der Waals surface area (Å²) in [6, 6.07) is 3.50. The van der Waals surface area contributed by atoms with E-state index in [1.807, 2.05) is 32.8 Å². The number of hydrogen-bond donors (Lipinski definition) is 2. The number of aryl methyl sites for hydroxylation is 2. The van der Waals surface area contributed by atoms with Crippen LogP contribution in [0.25, 0.3) is 11.1 Å². The lowest BCUT2D eigenvalue weighted by Gasteiger charge is -2.26. The maximum Gasteiger partial charge on any atom is 0.417 e. The molecule has 1 unspecified atom stereocenters. The number of pyridine rings is 1. The standard InChI is InChI=1S/C33H38F5N3O4/c1-18(2)12-27(41-17-21(10-11-40(5)6)20(4)13-28(41)42)32(45)39-26(16-29(43)44)23-14-22(15-25(34)31(23)35)30-19(3)8-7-9-24(30)33(36,37)38/h7-9,13-15,17-18,26-27H,10-12,16H2,1-6H3,(H,39,45)(H,43,44)/t26-,27?/m0/s1. The number of likely N-dealkylation sites (N-methyl/N-ethyl adjacent to an activating group) is 1. The van der Waals surface area contributed by atoms with Gasteiger partial charge in [-0.3, -0.25) is 14.4 Å². The minimum absolute atomic E-state index is 0.114. The second-order valence-corrected chi connectivity index (χ2v) is 11.9. The van der Waals surface area contributed by atoms with Crippen molar-refractivity contribution < 1.29 is 36.6 Å². The van der Waals surface area contributed by atoms with Gasteiger partial charge in [-0.05, 0) is 92.7 Å². The lowest BCUT2D eigenvalue weighted by Crippen LogP contribution is -2.40. The number of benzene rings is 2. The number of rotatable bonds is 12. The SMILES string of the molecule is Cc1cc(=O)n(C(CC(C)C)C(=O)N[C@@H](CC(=O)O)c2cc(-c3c(C)cccc3C(F)(F)F)cc(F)c2F)cc1CCN(C)C. The van der Waals surface area contributed by atoms with E-state index in [9.17, 15) is 32.7 Å². The molecule has 0 aliphatic rings. The normalized spacial score (nSPS) is 13.3. The highest BCUT2D eigenvalue weighted by atomic mass is 19.4. The monoisotopic (exact) mass is 635 g/mol. The van der Waals surface area contributed by atoms with Crippen LogP contribution < -0.4 is 10.9 Å².